The van der Waals surface area contributed by atoms with Crippen LogP contribution in [0.5, 0.6) is 0 Å². The Kier molecular flexibility index (Phi) is 6.18. The van der Waals surface area contributed by atoms with Gasteiger partial charge < -0.3 is 20.8 Å². The molecule has 3 rings (SSSR count). The lowest BCUT2D eigenvalue weighted by Crippen LogP contribution is -2.32. The molecule has 0 bridgehead atoms. The monoisotopic (exact) mass is 415 g/mol. The van der Waals surface area contributed by atoms with Gasteiger partial charge in [0.05, 0.1) is 6.54 Å². The number of nitrogens with one attached hydrogen (secondary N) is 2. The summed E-state index contributed by atoms with van der Waals surface area (Å²) >= 11 is 4.14. The summed E-state index contributed by atoms with van der Waals surface area (Å²) in [5, 5.41) is 5.53. The van der Waals surface area contributed by atoms with Crippen molar-refractivity contribution >= 4 is 46.8 Å². The van der Waals surface area contributed by atoms with Crippen LogP contribution in [0.4, 0.5) is 15.8 Å². The van der Waals surface area contributed by atoms with E-state index in [4.69, 9.17) is 10.2 Å². The largest absolute Gasteiger partial charge is 0.423 e. The molecule has 0 saturated carbocycles. The van der Waals surface area contributed by atoms with Gasteiger partial charge in [-0.15, -0.1) is 0 Å². The zero-order chi connectivity index (χ0) is 21.0. The zero-order valence-electron chi connectivity index (χ0n) is 15.2. The maximum Gasteiger partial charge on any atom is 0.336 e. The number of amides is 2. The summed E-state index contributed by atoms with van der Waals surface area (Å²) in [6.07, 6.45) is 0. The van der Waals surface area contributed by atoms with E-state index in [0.29, 0.717) is 28.1 Å². The number of nitrogens with two attached hydrogens (primary N) is 1. The van der Waals surface area contributed by atoms with E-state index in [0.717, 1.165) is 11.6 Å². The van der Waals surface area contributed by atoms with Crippen molar-refractivity contribution in [1.82, 2.24) is 5.32 Å². The maximum atomic E-state index is 13.0. The average molecular weight is 415 g/mol. The van der Waals surface area contributed by atoms with Crippen LogP contribution in [0, 0.1) is 0 Å². The first kappa shape index (κ1) is 20.4. The minimum absolute atomic E-state index is 0.159. The molecular formula is C20H18FN3O4S. The van der Waals surface area contributed by atoms with Crippen molar-refractivity contribution in [3.8, 4) is 0 Å². The fourth-order valence-corrected chi connectivity index (χ4v) is 3.05. The number of benzene rings is 2. The van der Waals surface area contributed by atoms with Gasteiger partial charge in [-0.25, -0.2) is 9.18 Å². The van der Waals surface area contributed by atoms with Gasteiger partial charge >= 0.3 is 5.63 Å². The van der Waals surface area contributed by atoms with Gasteiger partial charge in [0.15, 0.2) is 0 Å². The molecule has 9 heteroatoms. The van der Waals surface area contributed by atoms with E-state index in [-0.39, 0.29) is 17.7 Å². The third-order valence-electron chi connectivity index (χ3n) is 4.25. The van der Waals surface area contributed by atoms with Crippen LogP contribution in [-0.2, 0) is 17.2 Å². The highest BCUT2D eigenvalue weighted by Crippen LogP contribution is 2.22. The van der Waals surface area contributed by atoms with Gasteiger partial charge in [-0.3, -0.25) is 9.59 Å². The Morgan fingerprint density at radius 3 is 2.59 bits per heavy atom. The van der Waals surface area contributed by atoms with Crippen LogP contribution in [0.15, 0.2) is 51.7 Å². The van der Waals surface area contributed by atoms with Gasteiger partial charge in [-0.1, -0.05) is 6.07 Å². The van der Waals surface area contributed by atoms with Crippen molar-refractivity contribution in [3.05, 3.63) is 69.6 Å². The van der Waals surface area contributed by atoms with Gasteiger partial charge in [0.2, 0.25) is 5.91 Å². The van der Waals surface area contributed by atoms with Crippen LogP contribution in [0.3, 0.4) is 0 Å². The number of alkyl halides is 1. The molecule has 2 amide bonds. The molecule has 0 fully saturated rings. The topological polar surface area (TPSA) is 114 Å². The lowest BCUT2D eigenvalue weighted by molar-refractivity contribution is -0.115. The molecule has 0 unspecified atom stereocenters. The summed E-state index contributed by atoms with van der Waals surface area (Å²) < 4.78 is 18.1. The van der Waals surface area contributed by atoms with Crippen molar-refractivity contribution in [1.29, 1.82) is 0 Å². The van der Waals surface area contributed by atoms with Crippen molar-refractivity contribution < 1.29 is 18.4 Å². The number of rotatable bonds is 6. The van der Waals surface area contributed by atoms with Gasteiger partial charge in [0.25, 0.3) is 5.91 Å². The Morgan fingerprint density at radius 1 is 1.10 bits per heavy atom. The van der Waals surface area contributed by atoms with Crippen LogP contribution in [0.25, 0.3) is 11.0 Å². The van der Waals surface area contributed by atoms with Gasteiger partial charge in [-0.2, -0.15) is 12.6 Å². The van der Waals surface area contributed by atoms with E-state index in [9.17, 15) is 18.8 Å². The summed E-state index contributed by atoms with van der Waals surface area (Å²) in [4.78, 5) is 35.8. The summed E-state index contributed by atoms with van der Waals surface area (Å²) in [5.41, 5.74) is 7.46. The highest BCUT2D eigenvalue weighted by Gasteiger charge is 2.11. The molecule has 0 radical (unpaired) electrons. The van der Waals surface area contributed by atoms with Crippen LogP contribution in [-0.4, -0.2) is 18.4 Å². The molecule has 0 saturated heterocycles. The number of anilines is 2. The quantitative estimate of drug-likeness (QED) is 0.281. The van der Waals surface area contributed by atoms with E-state index in [1.165, 1.54) is 12.1 Å². The maximum absolute atomic E-state index is 13.0. The molecule has 1 heterocycles. The average Bonchev–Trinajstić information content (AvgIpc) is 2.70. The molecule has 0 aliphatic carbocycles. The smallest absolute Gasteiger partial charge is 0.336 e. The van der Waals surface area contributed by atoms with Gasteiger partial charge in [0.1, 0.15) is 12.3 Å². The number of fused-ring (bicyclic) bond motifs is 1. The van der Waals surface area contributed by atoms with Crippen LogP contribution >= 0.6 is 12.6 Å². The normalized spacial score (nSPS) is 10.7. The molecule has 0 spiro atoms. The van der Waals surface area contributed by atoms with E-state index in [1.54, 1.807) is 24.3 Å². The second-order valence-electron chi connectivity index (χ2n) is 6.24. The minimum atomic E-state index is -0.806. The Labute approximate surface area is 170 Å². The number of carbonyl (C=O) groups is 2. The molecule has 1 aromatic heterocycles. The van der Waals surface area contributed by atoms with E-state index >= 15 is 0 Å². The summed E-state index contributed by atoms with van der Waals surface area (Å²) in [6.45, 7) is -1.08. The van der Waals surface area contributed by atoms with Crippen LogP contribution < -0.4 is 22.0 Å². The molecule has 4 N–H and O–H groups in total. The molecule has 0 aliphatic heterocycles. The molecular weight excluding hydrogens is 397 g/mol. The predicted octanol–water partition coefficient (Wildman–Crippen LogP) is 2.64. The Hall–Kier alpha value is -3.33. The summed E-state index contributed by atoms with van der Waals surface area (Å²) in [7, 11) is 0. The van der Waals surface area contributed by atoms with Crippen molar-refractivity contribution in [2.45, 2.75) is 12.4 Å². The SMILES string of the molecule is Nc1cc(C(=O)NCC(=O)Nc2ccc3c(CF)cc(=O)oc3c2)ccc1CS. The third kappa shape index (κ3) is 4.75. The number of hydrogen-bond acceptors (Lipinski definition) is 6. The number of hydrogen-bond donors (Lipinski definition) is 4. The van der Waals surface area contributed by atoms with Crippen molar-refractivity contribution in [2.75, 3.05) is 17.6 Å². The Bertz CT molecular complexity index is 1150. The molecule has 150 valence electrons. The second-order valence-corrected chi connectivity index (χ2v) is 6.55. The van der Waals surface area contributed by atoms with Gasteiger partial charge in [0, 0.05) is 45.8 Å². The van der Waals surface area contributed by atoms with Crippen molar-refractivity contribution in [3.63, 3.8) is 0 Å². The van der Waals surface area contributed by atoms with E-state index < -0.39 is 24.1 Å². The first-order valence-electron chi connectivity index (χ1n) is 8.61. The molecule has 7 nitrogen and oxygen atoms in total. The summed E-state index contributed by atoms with van der Waals surface area (Å²) in [6, 6.07) is 10.4. The molecule has 3 aromatic rings. The molecule has 0 atom stereocenters. The predicted molar refractivity (Wildman–Crippen MR) is 112 cm³/mol. The second kappa shape index (κ2) is 8.78. The standard InChI is InChI=1S/C20H18FN3O4S/c21-8-13-6-19(26)28-17-7-14(3-4-15(13)17)24-18(25)9-23-20(27)11-1-2-12(10-29)16(22)5-11/h1-7,29H,8-10,22H2,(H,23,27)(H,24,25). The first-order chi connectivity index (χ1) is 13.9. The van der Waals surface area contributed by atoms with Crippen LogP contribution in [0.2, 0.25) is 0 Å². The highest BCUT2D eigenvalue weighted by molar-refractivity contribution is 7.79. The van der Waals surface area contributed by atoms with Gasteiger partial charge in [-0.05, 0) is 29.8 Å². The Morgan fingerprint density at radius 2 is 1.90 bits per heavy atom. The molecule has 29 heavy (non-hydrogen) atoms. The number of nitrogen functional groups attached to an aromatic ring is 1. The number of thiol groups is 1. The highest BCUT2D eigenvalue weighted by atomic mass is 32.1. The van der Waals surface area contributed by atoms with Crippen LogP contribution in [0.1, 0.15) is 21.5 Å². The number of halogens is 1. The lowest BCUT2D eigenvalue weighted by atomic mass is 10.1. The summed E-state index contributed by atoms with van der Waals surface area (Å²) in [5.74, 6) is -0.481. The number of carbonyl (C=O) groups excluding carboxylic acids is 2. The molecule has 0 aliphatic rings. The molecule has 2 aromatic carbocycles. The fraction of sp³-hybridized carbons (Fsp3) is 0.150. The first-order valence-corrected chi connectivity index (χ1v) is 9.24. The minimum Gasteiger partial charge on any atom is -0.423 e. The van der Waals surface area contributed by atoms with E-state index in [2.05, 4.69) is 23.3 Å². The lowest BCUT2D eigenvalue weighted by Gasteiger charge is -2.09. The third-order valence-corrected chi connectivity index (χ3v) is 4.59. The van der Waals surface area contributed by atoms with Crippen molar-refractivity contribution in [2.24, 2.45) is 0 Å². The van der Waals surface area contributed by atoms with E-state index in [1.807, 2.05) is 0 Å². The Balaban J connectivity index is 1.65. The fourth-order valence-electron chi connectivity index (χ4n) is 2.77. The zero-order valence-corrected chi connectivity index (χ0v) is 16.1.